The fourth-order valence-corrected chi connectivity index (χ4v) is 7.63. The molecule has 0 aliphatic heterocycles. The van der Waals surface area contributed by atoms with Crippen molar-refractivity contribution < 1.29 is 9.15 Å². The molecule has 4 aromatic heterocycles. The van der Waals surface area contributed by atoms with E-state index >= 15 is 0 Å². The number of aromatic nitrogens is 3. The van der Waals surface area contributed by atoms with E-state index in [0.717, 1.165) is 66.0 Å². The molecule has 5 aromatic carbocycles. The number of ether oxygens (including phenoxy) is 1. The highest BCUT2D eigenvalue weighted by Crippen LogP contribution is 2.47. The predicted octanol–water partition coefficient (Wildman–Crippen LogP) is 13.2. The van der Waals surface area contributed by atoms with Gasteiger partial charge in [-0.25, -0.2) is 0 Å². The van der Waals surface area contributed by atoms with E-state index < -0.39 is 0 Å². The van der Waals surface area contributed by atoms with Gasteiger partial charge in [-0.15, -0.1) is 0 Å². The first kappa shape index (κ1) is 32.2. The number of hydrogen-bond donors (Lipinski definition) is 0. The summed E-state index contributed by atoms with van der Waals surface area (Å²) in [6.45, 7) is 17.9. The van der Waals surface area contributed by atoms with Crippen molar-refractivity contribution in [3.63, 3.8) is 0 Å². The number of benzene rings is 5. The lowest BCUT2D eigenvalue weighted by Crippen LogP contribution is -2.11. The van der Waals surface area contributed by atoms with Crippen LogP contribution in [0, 0.1) is 0 Å². The first-order valence-corrected chi connectivity index (χ1v) is 18.3. The highest BCUT2D eigenvalue weighted by atomic mass is 16.5. The van der Waals surface area contributed by atoms with Gasteiger partial charge in [0, 0.05) is 45.1 Å². The highest BCUT2D eigenvalue weighted by molar-refractivity contribution is 6.25. The van der Waals surface area contributed by atoms with E-state index in [4.69, 9.17) is 19.1 Å². The summed E-state index contributed by atoms with van der Waals surface area (Å²) in [5, 5.41) is 6.63. The standard InChI is InChI=1S/C47H43N3O2/c1-27(2)29-22-28-16-17-34-36(37-25-31(20-21-48-37)47(6,7)8)26-40(44-43(34)42(28)39(23-29)52-44)51-41-19-18-35-33-14-9-10-15-38(33)50(45(35)49-41)32-13-11-12-30(24-32)46(3,4)5/h9-27H,1-8H3. The molecule has 0 radical (unpaired) electrons. The molecule has 9 rings (SSSR count). The maximum atomic E-state index is 6.88. The van der Waals surface area contributed by atoms with Gasteiger partial charge in [-0.3, -0.25) is 9.55 Å². The van der Waals surface area contributed by atoms with E-state index in [1.807, 2.05) is 12.3 Å². The van der Waals surface area contributed by atoms with Gasteiger partial charge in [0.2, 0.25) is 5.88 Å². The lowest BCUT2D eigenvalue weighted by Gasteiger charge is -2.20. The Kier molecular flexibility index (Phi) is 7.08. The van der Waals surface area contributed by atoms with Crippen LogP contribution in [-0.4, -0.2) is 14.5 Å². The van der Waals surface area contributed by atoms with Gasteiger partial charge in [0.25, 0.3) is 0 Å². The molecule has 0 spiro atoms. The predicted molar refractivity (Wildman–Crippen MR) is 216 cm³/mol. The van der Waals surface area contributed by atoms with Crippen LogP contribution in [0.2, 0.25) is 0 Å². The van der Waals surface area contributed by atoms with Crippen molar-refractivity contribution in [2.75, 3.05) is 0 Å². The Morgan fingerprint density at radius 3 is 2.25 bits per heavy atom. The number of rotatable bonds is 5. The molecule has 5 heteroatoms. The van der Waals surface area contributed by atoms with Crippen molar-refractivity contribution in [1.29, 1.82) is 0 Å². The number of pyridine rings is 2. The molecule has 4 heterocycles. The zero-order valence-corrected chi connectivity index (χ0v) is 31.1. The Morgan fingerprint density at radius 1 is 0.692 bits per heavy atom. The van der Waals surface area contributed by atoms with Crippen LogP contribution < -0.4 is 4.74 Å². The lowest BCUT2D eigenvalue weighted by atomic mass is 9.86. The summed E-state index contributed by atoms with van der Waals surface area (Å²) in [5.41, 5.74) is 10.2. The molecule has 0 saturated heterocycles. The number of nitrogens with zero attached hydrogens (tertiary/aromatic N) is 3. The van der Waals surface area contributed by atoms with E-state index in [1.54, 1.807) is 0 Å². The molecule has 9 aromatic rings. The van der Waals surface area contributed by atoms with E-state index in [-0.39, 0.29) is 10.8 Å². The Bertz CT molecular complexity index is 2820. The van der Waals surface area contributed by atoms with E-state index in [9.17, 15) is 0 Å². The molecular formula is C47H43N3O2. The Hall–Kier alpha value is -5.68. The fraction of sp³-hybridized carbons (Fsp3) is 0.234. The minimum atomic E-state index is -0.0267. The summed E-state index contributed by atoms with van der Waals surface area (Å²) in [4.78, 5) is 10.2. The molecule has 0 N–H and O–H groups in total. The van der Waals surface area contributed by atoms with Crippen LogP contribution in [0.3, 0.4) is 0 Å². The Morgan fingerprint density at radius 2 is 1.46 bits per heavy atom. The second kappa shape index (κ2) is 11.4. The van der Waals surface area contributed by atoms with Crippen molar-refractivity contribution in [2.45, 2.75) is 72.1 Å². The van der Waals surface area contributed by atoms with E-state index in [0.29, 0.717) is 23.1 Å². The molecule has 0 unspecified atom stereocenters. The SMILES string of the molecule is CC(C)c1cc2ccc3c(-c4cc(C(C)(C)C)ccn4)cc(Oc4ccc5c6ccccc6n(-c6cccc(C(C)(C)C)c6)c5n4)c4oc(c1)c2c34. The zero-order chi connectivity index (χ0) is 36.1. The average molecular weight is 682 g/mol. The van der Waals surface area contributed by atoms with Crippen molar-refractivity contribution >= 4 is 54.6 Å². The molecule has 5 nitrogen and oxygen atoms in total. The van der Waals surface area contributed by atoms with Crippen LogP contribution >= 0.6 is 0 Å². The molecular weight excluding hydrogens is 639 g/mol. The van der Waals surface area contributed by atoms with Crippen LogP contribution in [0.5, 0.6) is 11.6 Å². The topological polar surface area (TPSA) is 53.1 Å². The smallest absolute Gasteiger partial charge is 0.221 e. The highest BCUT2D eigenvalue weighted by Gasteiger charge is 2.25. The molecule has 0 fully saturated rings. The Labute approximate surface area is 304 Å². The monoisotopic (exact) mass is 681 g/mol. The summed E-state index contributed by atoms with van der Waals surface area (Å²) in [5.74, 6) is 1.48. The van der Waals surface area contributed by atoms with Gasteiger partial charge in [-0.2, -0.15) is 4.98 Å². The minimum Gasteiger partial charge on any atom is -0.452 e. The van der Waals surface area contributed by atoms with E-state index in [1.165, 1.54) is 16.7 Å². The quantitative estimate of drug-likeness (QED) is 0.170. The van der Waals surface area contributed by atoms with Crippen molar-refractivity contribution in [3.05, 3.63) is 126 Å². The van der Waals surface area contributed by atoms with Gasteiger partial charge in [0.15, 0.2) is 11.3 Å². The van der Waals surface area contributed by atoms with Gasteiger partial charge >= 0.3 is 0 Å². The largest absolute Gasteiger partial charge is 0.452 e. The normalized spacial score (nSPS) is 12.8. The van der Waals surface area contributed by atoms with Crippen LogP contribution in [0.25, 0.3) is 71.6 Å². The van der Waals surface area contributed by atoms with Gasteiger partial charge in [-0.1, -0.05) is 104 Å². The third-order valence-corrected chi connectivity index (χ3v) is 10.6. The number of para-hydroxylation sites is 1. The number of fused-ring (bicyclic) bond motifs is 3. The van der Waals surface area contributed by atoms with Gasteiger partial charge < -0.3 is 9.15 Å². The fourth-order valence-electron chi connectivity index (χ4n) is 7.63. The maximum absolute atomic E-state index is 6.88. The Balaban J connectivity index is 1.28. The van der Waals surface area contributed by atoms with Crippen LogP contribution in [0.1, 0.15) is 78.0 Å². The summed E-state index contributed by atoms with van der Waals surface area (Å²) < 4.78 is 15.9. The van der Waals surface area contributed by atoms with E-state index in [2.05, 4.69) is 157 Å². The van der Waals surface area contributed by atoms with Gasteiger partial charge in [-0.05, 0) is 92.7 Å². The molecule has 0 bridgehead atoms. The minimum absolute atomic E-state index is 0.00706. The number of hydrogen-bond acceptors (Lipinski definition) is 4. The van der Waals surface area contributed by atoms with Crippen molar-refractivity contribution in [3.8, 4) is 28.6 Å². The third-order valence-electron chi connectivity index (χ3n) is 10.6. The first-order valence-electron chi connectivity index (χ1n) is 18.3. The van der Waals surface area contributed by atoms with Crippen molar-refractivity contribution in [1.82, 2.24) is 14.5 Å². The molecule has 0 amide bonds. The third kappa shape index (κ3) is 5.13. The molecule has 0 atom stereocenters. The lowest BCUT2D eigenvalue weighted by molar-refractivity contribution is 0.460. The second-order valence-corrected chi connectivity index (χ2v) is 16.6. The maximum Gasteiger partial charge on any atom is 0.221 e. The summed E-state index contributed by atoms with van der Waals surface area (Å²) in [7, 11) is 0. The number of furan rings is 1. The van der Waals surface area contributed by atoms with Crippen molar-refractivity contribution in [2.24, 2.45) is 0 Å². The van der Waals surface area contributed by atoms with Crippen LogP contribution in [0.4, 0.5) is 0 Å². The summed E-state index contributed by atoms with van der Waals surface area (Å²) >= 11 is 0. The molecule has 258 valence electrons. The van der Waals surface area contributed by atoms with Gasteiger partial charge in [0.1, 0.15) is 11.2 Å². The molecule has 0 saturated carbocycles. The van der Waals surface area contributed by atoms with Crippen LogP contribution in [-0.2, 0) is 10.8 Å². The molecule has 52 heavy (non-hydrogen) atoms. The summed E-state index contributed by atoms with van der Waals surface area (Å²) in [6.07, 6.45) is 1.91. The zero-order valence-electron chi connectivity index (χ0n) is 31.1. The average Bonchev–Trinajstić information content (AvgIpc) is 3.67. The van der Waals surface area contributed by atoms with Gasteiger partial charge in [0.05, 0.1) is 11.2 Å². The molecule has 0 aliphatic rings. The summed E-state index contributed by atoms with van der Waals surface area (Å²) in [6, 6.07) is 36.7. The second-order valence-electron chi connectivity index (χ2n) is 16.6. The first-order chi connectivity index (χ1) is 24.8. The molecule has 0 aliphatic carbocycles. The van der Waals surface area contributed by atoms with Crippen LogP contribution in [0.15, 0.2) is 114 Å².